The lowest BCUT2D eigenvalue weighted by molar-refractivity contribution is -0.132. The van der Waals surface area contributed by atoms with Gasteiger partial charge in [0.15, 0.2) is 5.58 Å². The number of aromatic nitrogens is 1. The van der Waals surface area contributed by atoms with E-state index in [1.165, 1.54) is 6.42 Å². The number of amides is 1. The first-order valence-corrected chi connectivity index (χ1v) is 7.61. The van der Waals surface area contributed by atoms with Gasteiger partial charge in [0.05, 0.1) is 6.42 Å². The van der Waals surface area contributed by atoms with Crippen molar-refractivity contribution in [2.45, 2.75) is 19.8 Å². The second-order valence-electron chi connectivity index (χ2n) is 5.52. The number of piperazine rings is 1. The first-order valence-electron chi connectivity index (χ1n) is 7.61. The fourth-order valence-electron chi connectivity index (χ4n) is 2.86. The van der Waals surface area contributed by atoms with E-state index in [0.717, 1.165) is 49.4 Å². The molecule has 1 aliphatic rings. The smallest absolute Gasteiger partial charge is 0.228 e. The van der Waals surface area contributed by atoms with Crippen molar-refractivity contribution >= 4 is 16.9 Å². The van der Waals surface area contributed by atoms with Gasteiger partial charge in [-0.1, -0.05) is 24.2 Å². The summed E-state index contributed by atoms with van der Waals surface area (Å²) in [7, 11) is 0. The second-order valence-corrected chi connectivity index (χ2v) is 5.52. The molecule has 1 amide bonds. The van der Waals surface area contributed by atoms with Crippen LogP contribution in [-0.4, -0.2) is 53.6 Å². The van der Waals surface area contributed by atoms with Gasteiger partial charge in [0.1, 0.15) is 5.69 Å². The lowest BCUT2D eigenvalue weighted by atomic mass is 10.1. The van der Waals surface area contributed by atoms with Gasteiger partial charge in [0, 0.05) is 31.6 Å². The van der Waals surface area contributed by atoms with E-state index in [1.807, 2.05) is 29.2 Å². The zero-order chi connectivity index (χ0) is 14.7. The molecule has 0 saturated carbocycles. The fourth-order valence-corrected chi connectivity index (χ4v) is 2.86. The normalized spacial score (nSPS) is 16.5. The predicted octanol–water partition coefficient (Wildman–Crippen LogP) is 1.92. The van der Waals surface area contributed by atoms with Gasteiger partial charge in [-0.25, -0.2) is 0 Å². The summed E-state index contributed by atoms with van der Waals surface area (Å²) in [6.07, 6.45) is 1.49. The van der Waals surface area contributed by atoms with Crippen LogP contribution in [0.2, 0.25) is 0 Å². The van der Waals surface area contributed by atoms with Crippen LogP contribution in [0, 0.1) is 0 Å². The molecule has 2 aromatic rings. The van der Waals surface area contributed by atoms with Crippen LogP contribution in [0.3, 0.4) is 0 Å². The van der Waals surface area contributed by atoms with Crippen molar-refractivity contribution in [2.24, 2.45) is 0 Å². The molecule has 0 N–H and O–H groups in total. The highest BCUT2D eigenvalue weighted by atomic mass is 16.5. The van der Waals surface area contributed by atoms with Crippen LogP contribution in [0.1, 0.15) is 19.0 Å². The monoisotopic (exact) mass is 287 g/mol. The average Bonchev–Trinajstić information content (AvgIpc) is 2.92. The van der Waals surface area contributed by atoms with Crippen molar-refractivity contribution in [1.82, 2.24) is 15.0 Å². The Labute approximate surface area is 124 Å². The second kappa shape index (κ2) is 6.26. The van der Waals surface area contributed by atoms with Crippen LogP contribution in [0.4, 0.5) is 0 Å². The molecule has 1 saturated heterocycles. The zero-order valence-corrected chi connectivity index (χ0v) is 12.4. The Hall–Kier alpha value is -1.88. The van der Waals surface area contributed by atoms with E-state index in [1.54, 1.807) is 0 Å². The SMILES string of the molecule is CCCN1CCN(C(=O)Cc2noc3ccccc23)CC1. The summed E-state index contributed by atoms with van der Waals surface area (Å²) in [6, 6.07) is 7.68. The van der Waals surface area contributed by atoms with Crippen molar-refractivity contribution < 1.29 is 9.32 Å². The number of hydrogen-bond acceptors (Lipinski definition) is 4. The number of benzene rings is 1. The van der Waals surface area contributed by atoms with Crippen LogP contribution in [0.5, 0.6) is 0 Å². The molecular weight excluding hydrogens is 266 g/mol. The highest BCUT2D eigenvalue weighted by Crippen LogP contribution is 2.19. The first kappa shape index (κ1) is 14.1. The quantitative estimate of drug-likeness (QED) is 0.862. The lowest BCUT2D eigenvalue weighted by Crippen LogP contribution is -2.49. The van der Waals surface area contributed by atoms with E-state index < -0.39 is 0 Å². The third-order valence-electron chi connectivity index (χ3n) is 4.04. The van der Waals surface area contributed by atoms with Gasteiger partial charge in [0.25, 0.3) is 0 Å². The van der Waals surface area contributed by atoms with E-state index in [9.17, 15) is 4.79 Å². The van der Waals surface area contributed by atoms with Crippen LogP contribution in [-0.2, 0) is 11.2 Å². The molecule has 5 heteroatoms. The van der Waals surface area contributed by atoms with Crippen molar-refractivity contribution in [1.29, 1.82) is 0 Å². The molecule has 3 rings (SSSR count). The van der Waals surface area contributed by atoms with Crippen molar-refractivity contribution in [3.05, 3.63) is 30.0 Å². The summed E-state index contributed by atoms with van der Waals surface area (Å²) in [4.78, 5) is 16.8. The minimum atomic E-state index is 0.144. The molecule has 0 unspecified atom stereocenters. The maximum absolute atomic E-state index is 12.4. The molecule has 5 nitrogen and oxygen atoms in total. The molecule has 0 atom stereocenters. The molecule has 1 aromatic heterocycles. The van der Waals surface area contributed by atoms with Crippen LogP contribution < -0.4 is 0 Å². The maximum Gasteiger partial charge on any atom is 0.228 e. The summed E-state index contributed by atoms with van der Waals surface area (Å²) in [5.41, 5.74) is 1.49. The van der Waals surface area contributed by atoms with E-state index in [0.29, 0.717) is 6.42 Å². The number of fused-ring (bicyclic) bond motifs is 1. The van der Waals surface area contributed by atoms with Crippen LogP contribution >= 0.6 is 0 Å². The third-order valence-corrected chi connectivity index (χ3v) is 4.04. The number of carbonyl (C=O) groups is 1. The number of hydrogen-bond donors (Lipinski definition) is 0. The number of nitrogens with zero attached hydrogens (tertiary/aromatic N) is 3. The number of para-hydroxylation sites is 1. The molecule has 2 heterocycles. The maximum atomic E-state index is 12.4. The van der Waals surface area contributed by atoms with E-state index in [-0.39, 0.29) is 5.91 Å². The van der Waals surface area contributed by atoms with Crippen LogP contribution in [0.15, 0.2) is 28.8 Å². The van der Waals surface area contributed by atoms with Gasteiger partial charge in [-0.3, -0.25) is 9.69 Å². The highest BCUT2D eigenvalue weighted by molar-refractivity contribution is 5.86. The summed E-state index contributed by atoms with van der Waals surface area (Å²) in [6.45, 7) is 6.88. The van der Waals surface area contributed by atoms with E-state index in [4.69, 9.17) is 4.52 Å². The van der Waals surface area contributed by atoms with Gasteiger partial charge < -0.3 is 9.42 Å². The minimum absolute atomic E-state index is 0.144. The predicted molar refractivity (Wildman–Crippen MR) is 81.0 cm³/mol. The Bertz CT molecular complexity index is 615. The third kappa shape index (κ3) is 3.08. The molecule has 1 aliphatic heterocycles. The van der Waals surface area contributed by atoms with Gasteiger partial charge >= 0.3 is 0 Å². The molecule has 21 heavy (non-hydrogen) atoms. The van der Waals surface area contributed by atoms with E-state index >= 15 is 0 Å². The lowest BCUT2D eigenvalue weighted by Gasteiger charge is -2.34. The van der Waals surface area contributed by atoms with Gasteiger partial charge in [-0.05, 0) is 25.1 Å². The summed E-state index contributed by atoms with van der Waals surface area (Å²) < 4.78 is 5.26. The number of carbonyl (C=O) groups excluding carboxylic acids is 1. The standard InChI is InChI=1S/C16H21N3O2/c1-2-7-18-8-10-19(11-9-18)16(20)12-14-13-5-3-4-6-15(13)21-17-14/h3-6H,2,7-12H2,1H3. The first-order chi connectivity index (χ1) is 10.3. The van der Waals surface area contributed by atoms with Crippen molar-refractivity contribution in [2.75, 3.05) is 32.7 Å². The molecule has 0 bridgehead atoms. The van der Waals surface area contributed by atoms with Gasteiger partial charge in [-0.15, -0.1) is 0 Å². The molecule has 112 valence electrons. The Morgan fingerprint density at radius 3 is 2.76 bits per heavy atom. The van der Waals surface area contributed by atoms with Gasteiger partial charge in [-0.2, -0.15) is 0 Å². The highest BCUT2D eigenvalue weighted by Gasteiger charge is 2.22. The minimum Gasteiger partial charge on any atom is -0.356 e. The number of rotatable bonds is 4. The summed E-state index contributed by atoms with van der Waals surface area (Å²) in [5.74, 6) is 0.144. The van der Waals surface area contributed by atoms with Crippen molar-refractivity contribution in [3.8, 4) is 0 Å². The molecule has 1 aromatic carbocycles. The molecule has 0 aliphatic carbocycles. The molecule has 0 spiro atoms. The topological polar surface area (TPSA) is 49.6 Å². The Kier molecular flexibility index (Phi) is 4.20. The average molecular weight is 287 g/mol. The Morgan fingerprint density at radius 2 is 2.00 bits per heavy atom. The van der Waals surface area contributed by atoms with Gasteiger partial charge in [0.2, 0.25) is 5.91 Å². The van der Waals surface area contributed by atoms with Crippen LogP contribution in [0.25, 0.3) is 11.0 Å². The van der Waals surface area contributed by atoms with E-state index in [2.05, 4.69) is 17.0 Å². The summed E-state index contributed by atoms with van der Waals surface area (Å²) in [5, 5.41) is 4.98. The van der Waals surface area contributed by atoms with Crippen molar-refractivity contribution in [3.63, 3.8) is 0 Å². The molecule has 0 radical (unpaired) electrons. The Balaban J connectivity index is 1.62. The largest absolute Gasteiger partial charge is 0.356 e. The molecular formula is C16H21N3O2. The fraction of sp³-hybridized carbons (Fsp3) is 0.500. The zero-order valence-electron chi connectivity index (χ0n) is 12.4. The summed E-state index contributed by atoms with van der Waals surface area (Å²) >= 11 is 0. The Morgan fingerprint density at radius 1 is 1.24 bits per heavy atom. The molecule has 1 fully saturated rings.